The van der Waals surface area contributed by atoms with E-state index in [2.05, 4.69) is 40.5 Å². The lowest BCUT2D eigenvalue weighted by Crippen LogP contribution is -2.47. The summed E-state index contributed by atoms with van der Waals surface area (Å²) in [5, 5.41) is 3.19. The molecule has 2 atom stereocenters. The van der Waals surface area contributed by atoms with Crippen LogP contribution in [-0.4, -0.2) is 88.8 Å². The molecule has 1 aliphatic carbocycles. The van der Waals surface area contributed by atoms with Gasteiger partial charge in [0.1, 0.15) is 12.4 Å². The third-order valence-corrected chi connectivity index (χ3v) is 11.8. The van der Waals surface area contributed by atoms with Gasteiger partial charge < -0.3 is 19.5 Å². The smallest absolute Gasteiger partial charge is 0.246 e. The number of amides is 1. The molecule has 0 spiro atoms. The number of hydrogen-bond donors (Lipinski definition) is 1. The summed E-state index contributed by atoms with van der Waals surface area (Å²) in [5.74, 6) is 1.05. The maximum absolute atomic E-state index is 13.8. The van der Waals surface area contributed by atoms with Crippen LogP contribution in [0.15, 0.2) is 47.4 Å². The Hall–Kier alpha value is -2.50. The van der Waals surface area contributed by atoms with Gasteiger partial charge in [-0.2, -0.15) is 4.31 Å². The van der Waals surface area contributed by atoms with Crippen molar-refractivity contribution in [3.63, 3.8) is 0 Å². The molecule has 1 saturated carbocycles. The van der Waals surface area contributed by atoms with Gasteiger partial charge in [-0.1, -0.05) is 36.8 Å². The van der Waals surface area contributed by atoms with E-state index in [4.69, 9.17) is 14.2 Å². The highest BCUT2D eigenvalue weighted by atomic mass is 32.2. The van der Waals surface area contributed by atoms with Gasteiger partial charge in [0.15, 0.2) is 0 Å². The molecule has 3 fully saturated rings. The van der Waals surface area contributed by atoms with Crippen molar-refractivity contribution in [2.24, 2.45) is 5.92 Å². The molecule has 1 N–H and O–H groups in total. The van der Waals surface area contributed by atoms with E-state index in [1.165, 1.54) is 5.56 Å². The maximum atomic E-state index is 13.8. The number of rotatable bonds is 11. The second kappa shape index (κ2) is 15.2. The van der Waals surface area contributed by atoms with Crippen LogP contribution in [0.3, 0.4) is 0 Å². The van der Waals surface area contributed by atoms with E-state index in [-0.39, 0.29) is 31.2 Å². The molecule has 1 amide bonds. The number of morpholine rings is 1. The zero-order chi connectivity index (χ0) is 31.1. The van der Waals surface area contributed by atoms with Gasteiger partial charge in [0.25, 0.3) is 0 Å². The van der Waals surface area contributed by atoms with Crippen molar-refractivity contribution < 1.29 is 27.4 Å². The van der Waals surface area contributed by atoms with Gasteiger partial charge in [-0.15, -0.1) is 0 Å². The minimum atomic E-state index is -3.72. The lowest BCUT2D eigenvalue weighted by molar-refractivity contribution is -0.127. The Kier molecular flexibility index (Phi) is 11.4. The summed E-state index contributed by atoms with van der Waals surface area (Å²) in [6.07, 6.45) is 6.46. The van der Waals surface area contributed by atoms with Crippen molar-refractivity contribution in [2.45, 2.75) is 81.8 Å². The molecule has 44 heavy (non-hydrogen) atoms. The summed E-state index contributed by atoms with van der Waals surface area (Å²) >= 11 is 0. The van der Waals surface area contributed by atoms with E-state index < -0.39 is 10.0 Å². The average molecular weight is 628 g/mol. The Morgan fingerprint density at radius 1 is 0.977 bits per heavy atom. The molecule has 0 aromatic heterocycles. The molecular formula is C34H49N3O6S. The number of carbonyl (C=O) groups excluding carboxylic acids is 1. The number of benzene rings is 2. The molecule has 2 saturated heterocycles. The summed E-state index contributed by atoms with van der Waals surface area (Å²) in [5.41, 5.74) is 2.70. The van der Waals surface area contributed by atoms with Crippen LogP contribution in [0.4, 0.5) is 0 Å². The third-order valence-electron chi connectivity index (χ3n) is 9.52. The number of piperidine rings is 1. The largest absolute Gasteiger partial charge is 0.497 e. The zero-order valence-corrected chi connectivity index (χ0v) is 27.3. The molecule has 0 radical (unpaired) electrons. The fraction of sp³-hybridized carbons (Fsp3) is 0.618. The summed E-state index contributed by atoms with van der Waals surface area (Å²) in [6.45, 7) is 7.65. The van der Waals surface area contributed by atoms with Crippen LogP contribution in [0.2, 0.25) is 0 Å². The van der Waals surface area contributed by atoms with Crippen LogP contribution in [0, 0.1) is 19.8 Å². The molecule has 5 rings (SSSR count). The molecule has 9 nitrogen and oxygen atoms in total. The SMILES string of the molecule is COc1cc(C)c(S(=O)(=O)N2CCCCC2COCC(=O)NC2CCC(C(c3ccccc3)N3CCOCC3)CC2)c(C)c1. The van der Waals surface area contributed by atoms with Gasteiger partial charge >= 0.3 is 0 Å². The van der Waals surface area contributed by atoms with E-state index in [1.807, 2.05) is 0 Å². The second-order valence-electron chi connectivity index (χ2n) is 12.6. The fourth-order valence-electron chi connectivity index (χ4n) is 7.43. The van der Waals surface area contributed by atoms with Gasteiger partial charge in [-0.25, -0.2) is 8.42 Å². The summed E-state index contributed by atoms with van der Waals surface area (Å²) < 4.78 is 46.0. The van der Waals surface area contributed by atoms with Gasteiger partial charge in [0.2, 0.25) is 15.9 Å². The van der Waals surface area contributed by atoms with Crippen molar-refractivity contribution in [3.05, 3.63) is 59.2 Å². The first-order chi connectivity index (χ1) is 21.3. The average Bonchev–Trinajstić information content (AvgIpc) is 3.03. The van der Waals surface area contributed by atoms with Gasteiger partial charge in [-0.3, -0.25) is 9.69 Å². The molecule has 0 bridgehead atoms. The summed E-state index contributed by atoms with van der Waals surface area (Å²) in [6, 6.07) is 14.5. The standard InChI is InChI=1S/C34H49N3O6S/c1-25-21-31(41-3)22-26(2)34(25)44(39,40)37-16-8-7-11-30(37)23-43-24-32(38)35-29-14-12-28(13-15-29)33(27-9-5-4-6-10-27)36-17-19-42-20-18-36/h4-6,9-10,21-22,28-30,33H,7-8,11-20,23-24H2,1-3H3,(H,35,38). The highest BCUT2D eigenvalue weighted by Gasteiger charge is 2.36. The minimum Gasteiger partial charge on any atom is -0.497 e. The third kappa shape index (κ3) is 7.83. The van der Waals surface area contributed by atoms with Crippen molar-refractivity contribution >= 4 is 15.9 Å². The number of methoxy groups -OCH3 is 1. The van der Waals surface area contributed by atoms with E-state index >= 15 is 0 Å². The topological polar surface area (TPSA) is 97.4 Å². The molecule has 2 aromatic rings. The molecule has 2 heterocycles. The molecular weight excluding hydrogens is 578 g/mol. The Morgan fingerprint density at radius 3 is 2.32 bits per heavy atom. The van der Waals surface area contributed by atoms with Crippen LogP contribution in [-0.2, 0) is 24.3 Å². The molecule has 2 aromatic carbocycles. The summed E-state index contributed by atoms with van der Waals surface area (Å²) in [4.78, 5) is 15.8. The number of hydrogen-bond acceptors (Lipinski definition) is 7. The van der Waals surface area contributed by atoms with E-state index in [1.54, 1.807) is 37.4 Å². The highest BCUT2D eigenvalue weighted by molar-refractivity contribution is 7.89. The maximum Gasteiger partial charge on any atom is 0.246 e. The molecule has 2 unspecified atom stereocenters. The molecule has 10 heteroatoms. The lowest BCUT2D eigenvalue weighted by atomic mass is 9.78. The Morgan fingerprint density at radius 2 is 1.66 bits per heavy atom. The van der Waals surface area contributed by atoms with Crippen LogP contribution < -0.4 is 10.1 Å². The predicted molar refractivity (Wildman–Crippen MR) is 170 cm³/mol. The summed E-state index contributed by atoms with van der Waals surface area (Å²) in [7, 11) is -2.15. The number of ether oxygens (including phenoxy) is 3. The quantitative estimate of drug-likeness (QED) is 0.388. The fourth-order valence-corrected chi connectivity index (χ4v) is 9.53. The van der Waals surface area contributed by atoms with Crippen LogP contribution >= 0.6 is 0 Å². The van der Waals surface area contributed by atoms with E-state index in [0.717, 1.165) is 64.8 Å². The van der Waals surface area contributed by atoms with Crippen LogP contribution in [0.25, 0.3) is 0 Å². The van der Waals surface area contributed by atoms with Crippen molar-refractivity contribution in [3.8, 4) is 5.75 Å². The Labute approximate surface area is 263 Å². The minimum absolute atomic E-state index is 0.0642. The Bertz CT molecular complexity index is 1320. The van der Waals surface area contributed by atoms with Crippen LogP contribution in [0.5, 0.6) is 5.75 Å². The number of nitrogens with zero attached hydrogens (tertiary/aromatic N) is 2. The first kappa shape index (κ1) is 32.9. The molecule has 2 aliphatic heterocycles. The van der Waals surface area contributed by atoms with Crippen molar-refractivity contribution in [2.75, 3.05) is 53.2 Å². The van der Waals surface area contributed by atoms with Crippen molar-refractivity contribution in [1.29, 1.82) is 0 Å². The lowest BCUT2D eigenvalue weighted by Gasteiger charge is -2.42. The number of nitrogens with one attached hydrogen (secondary N) is 1. The monoisotopic (exact) mass is 627 g/mol. The predicted octanol–water partition coefficient (Wildman–Crippen LogP) is 4.62. The first-order valence-electron chi connectivity index (χ1n) is 16.2. The normalized spacial score (nSPS) is 24.5. The number of sulfonamides is 1. The first-order valence-corrected chi connectivity index (χ1v) is 17.6. The zero-order valence-electron chi connectivity index (χ0n) is 26.5. The van der Waals surface area contributed by atoms with Gasteiger partial charge in [-0.05, 0) is 87.1 Å². The number of aryl methyl sites for hydroxylation is 2. The van der Waals surface area contributed by atoms with Crippen LogP contribution in [0.1, 0.15) is 67.7 Å². The van der Waals surface area contributed by atoms with Gasteiger partial charge in [0.05, 0.1) is 31.8 Å². The molecule has 3 aliphatic rings. The number of carbonyl (C=O) groups is 1. The Balaban J connectivity index is 1.12. The van der Waals surface area contributed by atoms with E-state index in [9.17, 15) is 13.2 Å². The second-order valence-corrected chi connectivity index (χ2v) is 14.4. The van der Waals surface area contributed by atoms with Gasteiger partial charge in [0, 0.05) is 37.8 Å². The van der Waals surface area contributed by atoms with Crippen molar-refractivity contribution in [1.82, 2.24) is 14.5 Å². The molecule has 242 valence electrons. The highest BCUT2D eigenvalue weighted by Crippen LogP contribution is 2.39. The van der Waals surface area contributed by atoms with E-state index in [0.29, 0.717) is 46.7 Å².